The molecule has 15 heavy (non-hydrogen) atoms. The Kier molecular flexibility index (Phi) is 2.98. The predicted molar refractivity (Wildman–Crippen MR) is 55.4 cm³/mol. The largest absolute Gasteiger partial charge is 0.391 e. The first-order chi connectivity index (χ1) is 7.18. The first-order valence-corrected chi connectivity index (χ1v) is 5.64. The third-order valence-corrected chi connectivity index (χ3v) is 3.54. The van der Waals surface area contributed by atoms with Crippen LogP contribution in [0.3, 0.4) is 0 Å². The van der Waals surface area contributed by atoms with Crippen molar-refractivity contribution in [2.45, 2.75) is 31.8 Å². The highest BCUT2D eigenvalue weighted by atomic mass is 16.5. The molecule has 86 valence electrons. The molecule has 0 unspecified atom stereocenters. The summed E-state index contributed by atoms with van der Waals surface area (Å²) in [6, 6.07) is 0. The van der Waals surface area contributed by atoms with E-state index in [9.17, 15) is 9.90 Å². The number of aliphatic hydroxyl groups is 1. The zero-order valence-electron chi connectivity index (χ0n) is 9.24. The number of nitrogens with zero attached hydrogens (tertiary/aromatic N) is 1. The Morgan fingerprint density at radius 3 is 2.80 bits per heavy atom. The van der Waals surface area contributed by atoms with Gasteiger partial charge in [0.1, 0.15) is 0 Å². The summed E-state index contributed by atoms with van der Waals surface area (Å²) in [6.45, 7) is 1.89. The van der Waals surface area contributed by atoms with Crippen LogP contribution in [0.25, 0.3) is 0 Å². The first kappa shape index (κ1) is 10.9. The molecule has 2 aliphatic rings. The van der Waals surface area contributed by atoms with E-state index in [1.54, 1.807) is 7.11 Å². The van der Waals surface area contributed by atoms with Crippen molar-refractivity contribution < 1.29 is 14.6 Å². The number of hydrogen-bond acceptors (Lipinski definition) is 3. The van der Waals surface area contributed by atoms with Gasteiger partial charge in [0.05, 0.1) is 11.5 Å². The number of carbonyl (C=O) groups is 1. The average Bonchev–Trinajstić information content (AvgIpc) is 2.91. The molecule has 4 heteroatoms. The molecule has 2 fully saturated rings. The van der Waals surface area contributed by atoms with Crippen LogP contribution in [0.2, 0.25) is 0 Å². The number of rotatable bonds is 4. The van der Waals surface area contributed by atoms with Crippen LogP contribution in [0.15, 0.2) is 0 Å². The summed E-state index contributed by atoms with van der Waals surface area (Å²) < 4.78 is 5.03. The van der Waals surface area contributed by atoms with Gasteiger partial charge in [-0.2, -0.15) is 0 Å². The number of amides is 1. The molecule has 1 N–H and O–H groups in total. The van der Waals surface area contributed by atoms with Crippen LogP contribution >= 0.6 is 0 Å². The van der Waals surface area contributed by atoms with Gasteiger partial charge in [0, 0.05) is 26.8 Å². The highest BCUT2D eigenvalue weighted by molar-refractivity contribution is 5.85. The van der Waals surface area contributed by atoms with Crippen molar-refractivity contribution in [1.82, 2.24) is 4.90 Å². The van der Waals surface area contributed by atoms with Gasteiger partial charge in [-0.1, -0.05) is 0 Å². The second kappa shape index (κ2) is 4.10. The Labute approximate surface area is 90.2 Å². The number of ether oxygens (including phenoxy) is 1. The van der Waals surface area contributed by atoms with E-state index in [0.29, 0.717) is 19.7 Å². The molecular formula is C11H19NO3. The molecule has 0 aromatic rings. The molecule has 0 aromatic heterocycles. The maximum absolute atomic E-state index is 12.1. The van der Waals surface area contributed by atoms with E-state index >= 15 is 0 Å². The molecule has 1 aliphatic carbocycles. The molecular weight excluding hydrogens is 194 g/mol. The van der Waals surface area contributed by atoms with Crippen molar-refractivity contribution in [3.63, 3.8) is 0 Å². The van der Waals surface area contributed by atoms with Gasteiger partial charge in [0.25, 0.3) is 0 Å². The first-order valence-electron chi connectivity index (χ1n) is 5.64. The number of β-amino-alcohol motifs (C(OH)–C–C–N with tert-alkyl or cyclic N) is 1. The van der Waals surface area contributed by atoms with E-state index in [1.165, 1.54) is 0 Å². The smallest absolute Gasteiger partial charge is 0.228 e. The van der Waals surface area contributed by atoms with Gasteiger partial charge >= 0.3 is 0 Å². The maximum atomic E-state index is 12.1. The maximum Gasteiger partial charge on any atom is 0.228 e. The lowest BCUT2D eigenvalue weighted by Crippen LogP contribution is -2.36. The van der Waals surface area contributed by atoms with Gasteiger partial charge in [-0.25, -0.2) is 0 Å². The highest BCUT2D eigenvalue weighted by Crippen LogP contribution is 2.50. The molecule has 2 rings (SSSR count). The number of likely N-dealkylation sites (tertiary alicyclic amines) is 1. The molecule has 4 nitrogen and oxygen atoms in total. The van der Waals surface area contributed by atoms with Crippen molar-refractivity contribution in [2.75, 3.05) is 26.8 Å². The molecule has 1 saturated carbocycles. The number of carbonyl (C=O) groups excluding carboxylic acids is 1. The minimum absolute atomic E-state index is 0.139. The molecule has 0 bridgehead atoms. The van der Waals surface area contributed by atoms with E-state index in [2.05, 4.69) is 0 Å². The highest BCUT2D eigenvalue weighted by Gasteiger charge is 2.51. The van der Waals surface area contributed by atoms with E-state index in [1.807, 2.05) is 4.90 Å². The minimum atomic E-state index is -0.313. The summed E-state index contributed by atoms with van der Waals surface area (Å²) in [5.74, 6) is 0.233. The molecule has 1 atom stereocenters. The Balaban J connectivity index is 1.90. The lowest BCUT2D eigenvalue weighted by molar-refractivity contribution is -0.137. The third-order valence-electron chi connectivity index (χ3n) is 3.54. The number of aliphatic hydroxyl groups excluding tert-OH is 1. The SMILES string of the molecule is COCCC1(C(=O)N2CC[C@@H](O)C2)CC1. The van der Waals surface area contributed by atoms with Crippen LogP contribution < -0.4 is 0 Å². The Hall–Kier alpha value is -0.610. The summed E-state index contributed by atoms with van der Waals surface area (Å²) >= 11 is 0. The fraction of sp³-hybridized carbons (Fsp3) is 0.909. The van der Waals surface area contributed by atoms with Crippen LogP contribution in [0, 0.1) is 5.41 Å². The number of hydrogen-bond donors (Lipinski definition) is 1. The van der Waals surface area contributed by atoms with Crippen LogP contribution in [0.4, 0.5) is 0 Å². The summed E-state index contributed by atoms with van der Waals surface area (Å²) in [5.41, 5.74) is -0.139. The average molecular weight is 213 g/mol. The van der Waals surface area contributed by atoms with E-state index < -0.39 is 0 Å². The summed E-state index contributed by atoms with van der Waals surface area (Å²) in [4.78, 5) is 14.0. The normalized spacial score (nSPS) is 28.1. The summed E-state index contributed by atoms with van der Waals surface area (Å²) in [7, 11) is 1.67. The van der Waals surface area contributed by atoms with Crippen molar-refractivity contribution in [2.24, 2.45) is 5.41 Å². The van der Waals surface area contributed by atoms with E-state index in [4.69, 9.17) is 4.74 Å². The Bertz CT molecular complexity index is 250. The van der Waals surface area contributed by atoms with Crippen LogP contribution in [0.1, 0.15) is 25.7 Å². The van der Waals surface area contributed by atoms with Crippen molar-refractivity contribution in [3.8, 4) is 0 Å². The fourth-order valence-electron chi connectivity index (χ4n) is 2.28. The Morgan fingerprint density at radius 1 is 1.60 bits per heavy atom. The molecule has 0 aromatic carbocycles. The van der Waals surface area contributed by atoms with Crippen molar-refractivity contribution in [3.05, 3.63) is 0 Å². The second-order valence-electron chi connectivity index (χ2n) is 4.72. The van der Waals surface area contributed by atoms with Gasteiger partial charge in [-0.3, -0.25) is 4.79 Å². The molecule has 1 saturated heterocycles. The lowest BCUT2D eigenvalue weighted by Gasteiger charge is -2.22. The molecule has 1 aliphatic heterocycles. The monoisotopic (exact) mass is 213 g/mol. The predicted octanol–water partition coefficient (Wildman–Crippen LogP) is 0.396. The summed E-state index contributed by atoms with van der Waals surface area (Å²) in [5, 5.41) is 9.39. The van der Waals surface area contributed by atoms with Crippen LogP contribution in [0.5, 0.6) is 0 Å². The van der Waals surface area contributed by atoms with Gasteiger partial charge in [0.2, 0.25) is 5.91 Å². The standard InChI is InChI=1S/C11H19NO3/c1-15-7-5-11(3-4-11)10(14)12-6-2-9(13)8-12/h9,13H,2-8H2,1H3/t9-/m1/s1. The molecule has 1 amide bonds. The molecule has 0 spiro atoms. The zero-order valence-corrected chi connectivity index (χ0v) is 9.24. The van der Waals surface area contributed by atoms with Gasteiger partial charge < -0.3 is 14.7 Å². The molecule has 1 heterocycles. The third kappa shape index (κ3) is 2.16. The van der Waals surface area contributed by atoms with Crippen molar-refractivity contribution >= 4 is 5.91 Å². The van der Waals surface area contributed by atoms with Gasteiger partial charge in [-0.15, -0.1) is 0 Å². The number of methoxy groups -OCH3 is 1. The van der Waals surface area contributed by atoms with Gasteiger partial charge in [-0.05, 0) is 25.7 Å². The zero-order chi connectivity index (χ0) is 10.9. The Morgan fingerprint density at radius 2 is 2.33 bits per heavy atom. The second-order valence-corrected chi connectivity index (χ2v) is 4.72. The lowest BCUT2D eigenvalue weighted by atomic mass is 10.0. The topological polar surface area (TPSA) is 49.8 Å². The van der Waals surface area contributed by atoms with Crippen molar-refractivity contribution in [1.29, 1.82) is 0 Å². The van der Waals surface area contributed by atoms with Gasteiger partial charge in [0.15, 0.2) is 0 Å². The van der Waals surface area contributed by atoms with Crippen LogP contribution in [-0.2, 0) is 9.53 Å². The van der Waals surface area contributed by atoms with Crippen LogP contribution in [-0.4, -0.2) is 48.8 Å². The quantitative estimate of drug-likeness (QED) is 0.735. The minimum Gasteiger partial charge on any atom is -0.391 e. The fourth-order valence-corrected chi connectivity index (χ4v) is 2.28. The van der Waals surface area contributed by atoms with E-state index in [-0.39, 0.29) is 17.4 Å². The van der Waals surface area contributed by atoms with E-state index in [0.717, 1.165) is 25.7 Å². The summed E-state index contributed by atoms with van der Waals surface area (Å²) in [6.07, 6.45) is 3.22. The molecule has 0 radical (unpaired) electrons.